The second-order valence-electron chi connectivity index (χ2n) is 6.95. The first kappa shape index (κ1) is 14.1. The summed E-state index contributed by atoms with van der Waals surface area (Å²) >= 11 is 0. The summed E-state index contributed by atoms with van der Waals surface area (Å²) in [5.74, 6) is 1.56. The molecule has 1 aliphatic carbocycles. The molecule has 1 aromatic carbocycles. The van der Waals surface area contributed by atoms with Gasteiger partial charge in [-0.3, -0.25) is 4.79 Å². The highest BCUT2D eigenvalue weighted by Gasteiger charge is 2.57. The van der Waals surface area contributed by atoms with Crippen LogP contribution in [-0.4, -0.2) is 32.1 Å². The lowest BCUT2D eigenvalue weighted by Crippen LogP contribution is -2.34. The molecule has 2 fully saturated rings. The summed E-state index contributed by atoms with van der Waals surface area (Å²) in [5.41, 5.74) is 2.93. The number of carbonyl (C=O) groups excluding carboxylic acids is 1. The van der Waals surface area contributed by atoms with Gasteiger partial charge in [0.25, 0.3) is 0 Å². The second-order valence-corrected chi connectivity index (χ2v) is 6.95. The van der Waals surface area contributed by atoms with Crippen molar-refractivity contribution < 1.29 is 9.53 Å². The highest BCUT2D eigenvalue weighted by Crippen LogP contribution is 2.58. The smallest absolute Gasteiger partial charge is 0.223 e. The molecule has 1 aromatic rings. The van der Waals surface area contributed by atoms with Crippen LogP contribution in [0.5, 0.6) is 5.75 Å². The number of carbonyl (C=O) groups is 1. The van der Waals surface area contributed by atoms with Crippen molar-refractivity contribution in [2.45, 2.75) is 32.1 Å². The third kappa shape index (κ3) is 2.60. The molecular formula is C18H24N2O2. The van der Waals surface area contributed by atoms with E-state index < -0.39 is 0 Å². The molecular weight excluding hydrogens is 276 g/mol. The minimum absolute atomic E-state index is 0.267. The molecule has 0 radical (unpaired) electrons. The molecule has 3 aliphatic rings. The molecule has 4 nitrogen and oxygen atoms in total. The predicted molar refractivity (Wildman–Crippen MR) is 85.0 cm³/mol. The molecule has 0 bridgehead atoms. The Balaban J connectivity index is 1.26. The van der Waals surface area contributed by atoms with Gasteiger partial charge in [0.2, 0.25) is 5.91 Å². The van der Waals surface area contributed by atoms with E-state index in [0.717, 1.165) is 64.1 Å². The van der Waals surface area contributed by atoms with Crippen LogP contribution >= 0.6 is 0 Å². The van der Waals surface area contributed by atoms with Crippen LogP contribution < -0.4 is 15.4 Å². The molecule has 2 N–H and O–H groups in total. The van der Waals surface area contributed by atoms with Crippen molar-refractivity contribution in [2.75, 3.05) is 26.2 Å². The molecule has 118 valence electrons. The van der Waals surface area contributed by atoms with Crippen LogP contribution in [-0.2, 0) is 17.6 Å². The number of hydrogen-bond donors (Lipinski definition) is 2. The maximum Gasteiger partial charge on any atom is 0.223 e. The van der Waals surface area contributed by atoms with Gasteiger partial charge < -0.3 is 15.4 Å². The first-order valence-corrected chi connectivity index (χ1v) is 8.50. The van der Waals surface area contributed by atoms with Crippen LogP contribution in [0.3, 0.4) is 0 Å². The number of piperidine rings is 1. The predicted octanol–water partition coefficient (Wildman–Crippen LogP) is 1.67. The largest absolute Gasteiger partial charge is 0.493 e. The van der Waals surface area contributed by atoms with Crippen molar-refractivity contribution in [3.8, 4) is 5.75 Å². The van der Waals surface area contributed by atoms with Crippen LogP contribution in [0.4, 0.5) is 0 Å². The Morgan fingerprint density at radius 1 is 1.36 bits per heavy atom. The average Bonchev–Trinajstić information content (AvgIpc) is 3.03. The normalized spacial score (nSPS) is 24.6. The van der Waals surface area contributed by atoms with Crippen molar-refractivity contribution in [2.24, 2.45) is 11.3 Å². The molecule has 1 saturated carbocycles. The van der Waals surface area contributed by atoms with Crippen molar-refractivity contribution in [1.82, 2.24) is 10.6 Å². The van der Waals surface area contributed by atoms with Crippen LogP contribution in [0.15, 0.2) is 18.2 Å². The first-order chi connectivity index (χ1) is 10.8. The van der Waals surface area contributed by atoms with Gasteiger partial charge in [0.15, 0.2) is 0 Å². The Hall–Kier alpha value is -1.55. The SMILES string of the molecule is O=C(NCCc1ccc2c(c1)CCO2)C1CC12CCNCC2. The van der Waals surface area contributed by atoms with Crippen LogP contribution in [0.1, 0.15) is 30.4 Å². The number of ether oxygens (including phenoxy) is 1. The van der Waals surface area contributed by atoms with Gasteiger partial charge in [-0.25, -0.2) is 0 Å². The van der Waals surface area contributed by atoms with Crippen LogP contribution in [0, 0.1) is 11.3 Å². The van der Waals surface area contributed by atoms with Gasteiger partial charge >= 0.3 is 0 Å². The molecule has 1 atom stereocenters. The van der Waals surface area contributed by atoms with Gasteiger partial charge in [-0.15, -0.1) is 0 Å². The summed E-state index contributed by atoms with van der Waals surface area (Å²) in [4.78, 5) is 12.3. The van der Waals surface area contributed by atoms with Crippen molar-refractivity contribution in [3.63, 3.8) is 0 Å². The zero-order valence-corrected chi connectivity index (χ0v) is 13.0. The average molecular weight is 300 g/mol. The Morgan fingerprint density at radius 2 is 2.23 bits per heavy atom. The lowest BCUT2D eigenvalue weighted by Gasteiger charge is -2.23. The topological polar surface area (TPSA) is 50.4 Å². The fourth-order valence-corrected chi connectivity index (χ4v) is 4.04. The van der Waals surface area contributed by atoms with E-state index in [2.05, 4.69) is 28.8 Å². The van der Waals surface area contributed by atoms with E-state index in [1.165, 1.54) is 11.1 Å². The minimum atomic E-state index is 0.267. The maximum absolute atomic E-state index is 12.3. The summed E-state index contributed by atoms with van der Waals surface area (Å²) in [6.07, 6.45) is 5.33. The van der Waals surface area contributed by atoms with Crippen molar-refractivity contribution >= 4 is 5.91 Å². The quantitative estimate of drug-likeness (QED) is 0.889. The molecule has 2 heterocycles. The summed E-state index contributed by atoms with van der Waals surface area (Å²) in [5, 5.41) is 6.52. The molecule has 4 heteroatoms. The van der Waals surface area contributed by atoms with Gasteiger partial charge in [-0.2, -0.15) is 0 Å². The van der Waals surface area contributed by atoms with Crippen molar-refractivity contribution in [1.29, 1.82) is 0 Å². The lowest BCUT2D eigenvalue weighted by molar-refractivity contribution is -0.123. The minimum Gasteiger partial charge on any atom is -0.493 e. The molecule has 0 aromatic heterocycles. The van der Waals surface area contributed by atoms with Gasteiger partial charge in [-0.1, -0.05) is 12.1 Å². The van der Waals surface area contributed by atoms with Gasteiger partial charge in [0.1, 0.15) is 5.75 Å². The fraction of sp³-hybridized carbons (Fsp3) is 0.611. The van der Waals surface area contributed by atoms with Gasteiger partial charge in [-0.05, 0) is 61.4 Å². The summed E-state index contributed by atoms with van der Waals surface area (Å²) in [6.45, 7) is 3.68. The molecule has 22 heavy (non-hydrogen) atoms. The zero-order chi connectivity index (χ0) is 15.0. The third-order valence-corrected chi connectivity index (χ3v) is 5.57. The van der Waals surface area contributed by atoms with E-state index >= 15 is 0 Å². The summed E-state index contributed by atoms with van der Waals surface area (Å²) in [7, 11) is 0. The van der Waals surface area contributed by atoms with E-state index in [9.17, 15) is 4.79 Å². The van der Waals surface area contributed by atoms with E-state index in [4.69, 9.17) is 4.74 Å². The van der Waals surface area contributed by atoms with E-state index in [1.807, 2.05) is 0 Å². The van der Waals surface area contributed by atoms with Crippen molar-refractivity contribution in [3.05, 3.63) is 29.3 Å². The first-order valence-electron chi connectivity index (χ1n) is 8.50. The fourth-order valence-electron chi connectivity index (χ4n) is 4.04. The standard InChI is InChI=1S/C18H24N2O2/c21-17(15-12-18(15)5-8-19-9-6-18)20-7-3-13-1-2-16-14(11-13)4-10-22-16/h1-2,11,15,19H,3-10,12H2,(H,20,21). The van der Waals surface area contributed by atoms with Crippen LogP contribution in [0.2, 0.25) is 0 Å². The third-order valence-electron chi connectivity index (χ3n) is 5.57. The Morgan fingerprint density at radius 3 is 3.09 bits per heavy atom. The Kier molecular flexibility index (Phi) is 3.57. The molecule has 1 saturated heterocycles. The number of rotatable bonds is 4. The monoisotopic (exact) mass is 300 g/mol. The van der Waals surface area contributed by atoms with Gasteiger partial charge in [0, 0.05) is 18.9 Å². The summed E-state index contributed by atoms with van der Waals surface area (Å²) in [6, 6.07) is 6.39. The Bertz CT molecular complexity index is 578. The number of nitrogens with one attached hydrogen (secondary N) is 2. The molecule has 1 unspecified atom stereocenters. The molecule has 1 amide bonds. The zero-order valence-electron chi connectivity index (χ0n) is 13.0. The highest BCUT2D eigenvalue weighted by atomic mass is 16.5. The highest BCUT2D eigenvalue weighted by molar-refractivity contribution is 5.82. The van der Waals surface area contributed by atoms with E-state index in [1.54, 1.807) is 0 Å². The Labute approximate surface area is 131 Å². The number of amides is 1. The van der Waals surface area contributed by atoms with Crippen LogP contribution in [0.25, 0.3) is 0 Å². The number of benzene rings is 1. The maximum atomic E-state index is 12.3. The van der Waals surface area contributed by atoms with Gasteiger partial charge in [0.05, 0.1) is 6.61 Å². The number of fused-ring (bicyclic) bond motifs is 1. The molecule has 4 rings (SSSR count). The van der Waals surface area contributed by atoms with E-state index in [-0.39, 0.29) is 11.8 Å². The number of hydrogen-bond acceptors (Lipinski definition) is 3. The lowest BCUT2D eigenvalue weighted by atomic mass is 9.92. The molecule has 2 aliphatic heterocycles. The second kappa shape index (κ2) is 5.58. The van der Waals surface area contributed by atoms with E-state index in [0.29, 0.717) is 5.41 Å². The molecule has 1 spiro atoms. The summed E-state index contributed by atoms with van der Waals surface area (Å²) < 4.78 is 5.52.